The zero-order chi connectivity index (χ0) is 13.9. The molecule has 3 nitrogen and oxygen atoms in total. The molecule has 2 heterocycles. The molecule has 1 N–H and O–H groups in total. The Balaban J connectivity index is 2.09. The highest BCUT2D eigenvalue weighted by atomic mass is 15.0. The molecule has 0 radical (unpaired) electrons. The van der Waals surface area contributed by atoms with E-state index in [2.05, 4.69) is 54.1 Å². The van der Waals surface area contributed by atoms with Gasteiger partial charge in [-0.25, -0.2) is 9.97 Å². The molecule has 0 aliphatic rings. The largest absolute Gasteiger partial charge is 0.340 e. The van der Waals surface area contributed by atoms with E-state index in [9.17, 15) is 0 Å². The van der Waals surface area contributed by atoms with Crippen LogP contribution in [0, 0.1) is 5.92 Å². The Bertz CT molecular complexity index is 655. The van der Waals surface area contributed by atoms with Crippen molar-refractivity contribution in [3.63, 3.8) is 0 Å². The monoisotopic (exact) mass is 265 g/mol. The Labute approximate surface area is 119 Å². The fourth-order valence-electron chi connectivity index (χ4n) is 2.66. The average Bonchev–Trinajstić information content (AvgIpc) is 2.91. The van der Waals surface area contributed by atoms with E-state index in [0.717, 1.165) is 23.4 Å². The number of rotatable bonds is 4. The lowest BCUT2D eigenvalue weighted by Gasteiger charge is -2.21. The third-order valence-electron chi connectivity index (χ3n) is 3.94. The maximum absolute atomic E-state index is 4.69. The van der Waals surface area contributed by atoms with E-state index in [1.807, 2.05) is 12.1 Å². The van der Waals surface area contributed by atoms with Crippen LogP contribution in [0.5, 0.6) is 0 Å². The van der Waals surface area contributed by atoms with Gasteiger partial charge in [-0.05, 0) is 23.6 Å². The molecule has 102 valence electrons. The van der Waals surface area contributed by atoms with Gasteiger partial charge >= 0.3 is 0 Å². The van der Waals surface area contributed by atoms with Crippen LogP contribution in [-0.4, -0.2) is 15.0 Å². The number of hydrogen-bond donors (Lipinski definition) is 1. The summed E-state index contributed by atoms with van der Waals surface area (Å²) in [7, 11) is 0. The number of benzene rings is 1. The summed E-state index contributed by atoms with van der Waals surface area (Å²) in [6.07, 6.45) is 2.90. The van der Waals surface area contributed by atoms with Crippen molar-refractivity contribution in [3.8, 4) is 0 Å². The molecule has 1 aromatic carbocycles. The van der Waals surface area contributed by atoms with Crippen molar-refractivity contribution < 1.29 is 0 Å². The minimum atomic E-state index is 0.287. The van der Waals surface area contributed by atoms with Gasteiger partial charge in [0, 0.05) is 12.1 Å². The summed E-state index contributed by atoms with van der Waals surface area (Å²) in [6.45, 7) is 4.50. The molecule has 2 atom stereocenters. The lowest BCUT2D eigenvalue weighted by atomic mass is 9.85. The molecule has 0 saturated carbocycles. The van der Waals surface area contributed by atoms with Crippen LogP contribution in [-0.2, 0) is 0 Å². The highest BCUT2D eigenvalue weighted by Crippen LogP contribution is 2.32. The fraction of sp³-hybridized carbons (Fsp3) is 0.294. The Hall–Kier alpha value is -2.16. The zero-order valence-electron chi connectivity index (χ0n) is 11.9. The van der Waals surface area contributed by atoms with Gasteiger partial charge in [0.1, 0.15) is 5.82 Å². The van der Waals surface area contributed by atoms with Crippen LogP contribution in [0.1, 0.15) is 37.6 Å². The summed E-state index contributed by atoms with van der Waals surface area (Å²) in [5, 5.41) is 0. The number of hydrogen-bond acceptors (Lipinski definition) is 2. The minimum absolute atomic E-state index is 0.287. The number of nitrogens with one attached hydrogen (secondary N) is 1. The van der Waals surface area contributed by atoms with Crippen molar-refractivity contribution in [2.24, 2.45) is 5.92 Å². The van der Waals surface area contributed by atoms with Crippen molar-refractivity contribution in [1.82, 2.24) is 15.0 Å². The van der Waals surface area contributed by atoms with Crippen molar-refractivity contribution in [3.05, 3.63) is 60.0 Å². The normalized spacial score (nSPS) is 14.3. The lowest BCUT2D eigenvalue weighted by molar-refractivity contribution is 0.482. The number of aromatic nitrogens is 3. The van der Waals surface area contributed by atoms with Crippen LogP contribution in [0.15, 0.2) is 48.7 Å². The highest BCUT2D eigenvalue weighted by molar-refractivity contribution is 5.70. The van der Waals surface area contributed by atoms with Gasteiger partial charge in [-0.3, -0.25) is 0 Å². The first kappa shape index (κ1) is 12.9. The van der Waals surface area contributed by atoms with Crippen molar-refractivity contribution >= 4 is 11.2 Å². The number of nitrogens with zero attached hydrogens (tertiary/aromatic N) is 2. The summed E-state index contributed by atoms with van der Waals surface area (Å²) in [5.74, 6) is 1.83. The number of imidazole rings is 1. The maximum atomic E-state index is 4.69. The summed E-state index contributed by atoms with van der Waals surface area (Å²) in [5.41, 5.74) is 3.11. The summed E-state index contributed by atoms with van der Waals surface area (Å²) in [4.78, 5) is 12.4. The molecular weight excluding hydrogens is 246 g/mol. The van der Waals surface area contributed by atoms with Crippen LogP contribution >= 0.6 is 0 Å². The molecule has 0 spiro atoms. The molecule has 20 heavy (non-hydrogen) atoms. The van der Waals surface area contributed by atoms with Crippen LogP contribution in [0.25, 0.3) is 11.2 Å². The molecule has 2 unspecified atom stereocenters. The molecule has 0 saturated heterocycles. The minimum Gasteiger partial charge on any atom is -0.340 e. The van der Waals surface area contributed by atoms with Crippen LogP contribution in [0.2, 0.25) is 0 Å². The quantitative estimate of drug-likeness (QED) is 0.770. The van der Waals surface area contributed by atoms with E-state index in [1.54, 1.807) is 6.20 Å². The smallest absolute Gasteiger partial charge is 0.177 e. The molecule has 0 amide bonds. The Kier molecular flexibility index (Phi) is 3.50. The number of H-pyrrole nitrogens is 1. The van der Waals surface area contributed by atoms with E-state index in [-0.39, 0.29) is 5.92 Å². The average molecular weight is 265 g/mol. The first-order valence-corrected chi connectivity index (χ1v) is 7.15. The predicted octanol–water partition coefficient (Wildman–Crippen LogP) is 4.14. The first-order valence-electron chi connectivity index (χ1n) is 7.15. The van der Waals surface area contributed by atoms with Crippen molar-refractivity contribution in [2.45, 2.75) is 26.2 Å². The molecule has 2 aromatic heterocycles. The number of aromatic amines is 1. The lowest BCUT2D eigenvalue weighted by Crippen LogP contribution is -2.12. The maximum Gasteiger partial charge on any atom is 0.177 e. The molecule has 0 aliphatic heterocycles. The van der Waals surface area contributed by atoms with Gasteiger partial charge in [-0.2, -0.15) is 0 Å². The van der Waals surface area contributed by atoms with Crippen LogP contribution in [0.4, 0.5) is 0 Å². The van der Waals surface area contributed by atoms with Gasteiger partial charge in [0.25, 0.3) is 0 Å². The third kappa shape index (κ3) is 2.31. The van der Waals surface area contributed by atoms with Crippen LogP contribution in [0.3, 0.4) is 0 Å². The second kappa shape index (κ2) is 5.45. The van der Waals surface area contributed by atoms with E-state index in [4.69, 9.17) is 4.98 Å². The highest BCUT2D eigenvalue weighted by Gasteiger charge is 2.23. The van der Waals surface area contributed by atoms with Gasteiger partial charge in [-0.1, -0.05) is 50.6 Å². The molecular formula is C17H19N3. The molecule has 0 fully saturated rings. The predicted molar refractivity (Wildman–Crippen MR) is 81.6 cm³/mol. The van der Waals surface area contributed by atoms with Gasteiger partial charge < -0.3 is 4.98 Å². The fourth-order valence-corrected chi connectivity index (χ4v) is 2.66. The summed E-state index contributed by atoms with van der Waals surface area (Å²) in [6, 6.07) is 14.5. The third-order valence-corrected chi connectivity index (χ3v) is 3.94. The van der Waals surface area contributed by atoms with Gasteiger partial charge in [0.15, 0.2) is 5.65 Å². The Morgan fingerprint density at radius 3 is 2.60 bits per heavy atom. The van der Waals surface area contributed by atoms with Gasteiger partial charge in [0.2, 0.25) is 0 Å². The number of fused-ring (bicyclic) bond motifs is 1. The zero-order valence-corrected chi connectivity index (χ0v) is 11.9. The van der Waals surface area contributed by atoms with E-state index >= 15 is 0 Å². The van der Waals surface area contributed by atoms with Gasteiger partial charge in [0.05, 0.1) is 5.52 Å². The van der Waals surface area contributed by atoms with Gasteiger partial charge in [-0.15, -0.1) is 0 Å². The Morgan fingerprint density at radius 2 is 1.90 bits per heavy atom. The van der Waals surface area contributed by atoms with E-state index in [1.165, 1.54) is 5.56 Å². The van der Waals surface area contributed by atoms with E-state index in [0.29, 0.717) is 5.92 Å². The second-order valence-electron chi connectivity index (χ2n) is 5.27. The topological polar surface area (TPSA) is 41.6 Å². The van der Waals surface area contributed by atoms with Crippen molar-refractivity contribution in [1.29, 1.82) is 0 Å². The van der Waals surface area contributed by atoms with Crippen molar-refractivity contribution in [2.75, 3.05) is 0 Å². The first-order chi connectivity index (χ1) is 9.79. The SMILES string of the molecule is CCC(C)C(c1ccccc1)c1nc2ncccc2[nH]1. The van der Waals surface area contributed by atoms with E-state index < -0.39 is 0 Å². The Morgan fingerprint density at radius 1 is 1.10 bits per heavy atom. The molecule has 3 heteroatoms. The standard InChI is InChI=1S/C17H19N3/c1-3-12(2)15(13-8-5-4-6-9-13)17-19-14-10-7-11-18-16(14)20-17/h4-12,15H,3H2,1-2H3,(H,18,19,20). The van der Waals surface area contributed by atoms with Crippen LogP contribution < -0.4 is 0 Å². The second-order valence-corrected chi connectivity index (χ2v) is 5.27. The molecule has 3 rings (SSSR count). The summed E-state index contributed by atoms with van der Waals surface area (Å²) >= 11 is 0. The molecule has 0 bridgehead atoms. The summed E-state index contributed by atoms with van der Waals surface area (Å²) < 4.78 is 0. The molecule has 0 aliphatic carbocycles. The number of pyridine rings is 1. The molecule has 3 aromatic rings.